The van der Waals surface area contributed by atoms with E-state index in [0.717, 1.165) is 12.1 Å². The first-order valence-corrected chi connectivity index (χ1v) is 7.81. The minimum Gasteiger partial charge on any atom is -0.351 e. The van der Waals surface area contributed by atoms with Gasteiger partial charge in [-0.15, -0.1) is 0 Å². The Balaban J connectivity index is 2.24. The van der Waals surface area contributed by atoms with Crippen molar-refractivity contribution in [3.05, 3.63) is 76.6 Å². The molecule has 1 heterocycles. The summed E-state index contributed by atoms with van der Waals surface area (Å²) in [4.78, 5) is 12.3. The molecule has 0 bridgehead atoms. The molecule has 2 N–H and O–H groups in total. The van der Waals surface area contributed by atoms with Crippen LogP contribution in [0.4, 0.5) is 13.2 Å². The van der Waals surface area contributed by atoms with Crippen molar-refractivity contribution in [3.8, 4) is 0 Å². The monoisotopic (exact) mass is 362 g/mol. The van der Waals surface area contributed by atoms with Crippen LogP contribution in [-0.2, 0) is 4.79 Å². The smallest absolute Gasteiger partial charge is 0.171 e. The van der Waals surface area contributed by atoms with Crippen LogP contribution in [-0.4, -0.2) is 10.9 Å². The molecule has 0 radical (unpaired) electrons. The Hall–Kier alpha value is -2.67. The third kappa shape index (κ3) is 3.28. The van der Waals surface area contributed by atoms with Crippen LogP contribution in [0.2, 0.25) is 0 Å². The summed E-state index contributed by atoms with van der Waals surface area (Å²) in [6.07, 6.45) is 0. The van der Waals surface area contributed by atoms with Crippen molar-refractivity contribution in [3.63, 3.8) is 0 Å². The number of rotatable bonds is 3. The fourth-order valence-electron chi connectivity index (χ4n) is 2.79. The fourth-order valence-corrected chi connectivity index (χ4v) is 3.01. The highest BCUT2D eigenvalue weighted by molar-refractivity contribution is 7.80. The number of ketones is 1. The third-order valence-corrected chi connectivity index (χ3v) is 4.09. The van der Waals surface area contributed by atoms with Crippen LogP contribution < -0.4 is 10.6 Å². The van der Waals surface area contributed by atoms with E-state index in [1.54, 1.807) is 0 Å². The van der Waals surface area contributed by atoms with Crippen molar-refractivity contribution in [2.24, 2.45) is 0 Å². The largest absolute Gasteiger partial charge is 0.351 e. The molecule has 128 valence electrons. The van der Waals surface area contributed by atoms with Crippen molar-refractivity contribution in [1.82, 2.24) is 10.6 Å². The van der Waals surface area contributed by atoms with E-state index in [0.29, 0.717) is 11.3 Å². The normalized spacial score (nSPS) is 17.1. The Kier molecular flexibility index (Phi) is 4.59. The molecule has 3 rings (SSSR count). The zero-order valence-corrected chi connectivity index (χ0v) is 13.9. The van der Waals surface area contributed by atoms with Gasteiger partial charge >= 0.3 is 0 Å². The average Bonchev–Trinajstić information content (AvgIpc) is 2.54. The first-order chi connectivity index (χ1) is 11.9. The van der Waals surface area contributed by atoms with Crippen LogP contribution >= 0.6 is 12.2 Å². The third-order valence-electron chi connectivity index (χ3n) is 3.87. The van der Waals surface area contributed by atoms with Crippen LogP contribution in [0.25, 0.3) is 5.70 Å². The van der Waals surface area contributed by atoms with E-state index < -0.39 is 29.3 Å². The molecule has 0 spiro atoms. The first kappa shape index (κ1) is 17.2. The minimum absolute atomic E-state index is 0.108. The van der Waals surface area contributed by atoms with Gasteiger partial charge in [-0.3, -0.25) is 4.79 Å². The highest BCUT2D eigenvalue weighted by Crippen LogP contribution is 2.34. The lowest BCUT2D eigenvalue weighted by atomic mass is 9.90. The van der Waals surface area contributed by atoms with Gasteiger partial charge in [0.25, 0.3) is 0 Å². The zero-order valence-electron chi connectivity index (χ0n) is 13.1. The number of hydrogen-bond donors (Lipinski definition) is 2. The highest BCUT2D eigenvalue weighted by atomic mass is 32.1. The van der Waals surface area contributed by atoms with Gasteiger partial charge in [0.1, 0.15) is 17.5 Å². The molecule has 0 aromatic heterocycles. The molecule has 0 unspecified atom stereocenters. The molecule has 0 saturated heterocycles. The Morgan fingerprint density at radius 2 is 1.64 bits per heavy atom. The lowest BCUT2D eigenvalue weighted by Crippen LogP contribution is -2.45. The molecule has 2 aromatic rings. The van der Waals surface area contributed by atoms with Crippen LogP contribution in [0, 0.1) is 17.5 Å². The van der Waals surface area contributed by atoms with Gasteiger partial charge in [-0.25, -0.2) is 13.2 Å². The van der Waals surface area contributed by atoms with Crippen LogP contribution in [0.15, 0.2) is 48.0 Å². The van der Waals surface area contributed by atoms with Gasteiger partial charge in [0, 0.05) is 5.57 Å². The SMILES string of the molecule is CC(=O)C1=C(c2ccc(F)cc2)NC(=S)N[C@H]1c1c(F)cccc1F. The second kappa shape index (κ2) is 6.68. The second-order valence-corrected chi connectivity index (χ2v) is 5.93. The number of nitrogens with one attached hydrogen (secondary N) is 2. The number of carbonyl (C=O) groups excluding carboxylic acids is 1. The van der Waals surface area contributed by atoms with Crippen LogP contribution in [0.1, 0.15) is 24.1 Å². The topological polar surface area (TPSA) is 41.1 Å². The number of benzene rings is 2. The molecule has 0 saturated carbocycles. The van der Waals surface area contributed by atoms with E-state index in [4.69, 9.17) is 12.2 Å². The maximum absolute atomic E-state index is 14.3. The predicted molar refractivity (Wildman–Crippen MR) is 92.0 cm³/mol. The molecular weight excluding hydrogens is 349 g/mol. The summed E-state index contributed by atoms with van der Waals surface area (Å²) in [5, 5.41) is 5.69. The number of hydrogen-bond acceptors (Lipinski definition) is 2. The maximum atomic E-state index is 14.3. The minimum atomic E-state index is -1.09. The van der Waals surface area contributed by atoms with E-state index in [2.05, 4.69) is 10.6 Å². The summed E-state index contributed by atoms with van der Waals surface area (Å²) < 4.78 is 41.7. The molecule has 7 heteroatoms. The van der Waals surface area contributed by atoms with Gasteiger partial charge in [0.05, 0.1) is 17.3 Å². The summed E-state index contributed by atoms with van der Waals surface area (Å²) >= 11 is 5.12. The maximum Gasteiger partial charge on any atom is 0.171 e. The van der Waals surface area contributed by atoms with E-state index in [1.807, 2.05) is 0 Å². The average molecular weight is 362 g/mol. The predicted octanol–water partition coefficient (Wildman–Crippen LogP) is 3.62. The standard InChI is InChI=1S/C18H13F3N2OS/c1-9(24)14-16(10-5-7-11(19)8-6-10)22-18(25)23-17(14)15-12(20)3-2-4-13(15)21/h2-8,17H,1H3,(H2,22,23,25)/t17-/m1/s1. The van der Waals surface area contributed by atoms with E-state index in [9.17, 15) is 18.0 Å². The van der Waals surface area contributed by atoms with Crippen molar-refractivity contribution in [2.75, 3.05) is 0 Å². The summed E-state index contributed by atoms with van der Waals surface area (Å²) in [5.41, 5.74) is 0.599. The quantitative estimate of drug-likeness (QED) is 0.819. The second-order valence-electron chi connectivity index (χ2n) is 5.52. The molecule has 1 atom stereocenters. The molecule has 2 aromatic carbocycles. The molecule has 25 heavy (non-hydrogen) atoms. The van der Waals surface area contributed by atoms with Crippen molar-refractivity contribution in [2.45, 2.75) is 13.0 Å². The molecule has 0 fully saturated rings. The number of Topliss-reactive ketones (excluding diaryl/α,β-unsaturated/α-hetero) is 1. The Bertz CT molecular complexity index is 873. The number of thiocarbonyl (C=S) groups is 1. The molecule has 0 amide bonds. The summed E-state index contributed by atoms with van der Waals surface area (Å²) in [6.45, 7) is 1.29. The molecular formula is C18H13F3N2OS. The Labute approximate surface area is 147 Å². The number of halogens is 3. The van der Waals surface area contributed by atoms with Crippen LogP contribution in [0.3, 0.4) is 0 Å². The highest BCUT2D eigenvalue weighted by Gasteiger charge is 2.33. The summed E-state index contributed by atoms with van der Waals surface area (Å²) in [6, 6.07) is 7.75. The Morgan fingerprint density at radius 3 is 2.20 bits per heavy atom. The van der Waals surface area contributed by atoms with Gasteiger partial charge in [-0.05, 0) is 61.1 Å². The summed E-state index contributed by atoms with van der Waals surface area (Å²) in [5.74, 6) is -2.42. The van der Waals surface area contributed by atoms with E-state index in [-0.39, 0.29) is 16.2 Å². The van der Waals surface area contributed by atoms with Gasteiger partial charge < -0.3 is 10.6 Å². The zero-order chi connectivity index (χ0) is 18.1. The number of carbonyl (C=O) groups is 1. The van der Waals surface area contributed by atoms with E-state index in [1.165, 1.54) is 37.3 Å². The lowest BCUT2D eigenvalue weighted by molar-refractivity contribution is -0.113. The lowest BCUT2D eigenvalue weighted by Gasteiger charge is -2.31. The molecule has 3 nitrogen and oxygen atoms in total. The molecule has 0 aliphatic carbocycles. The van der Waals surface area contributed by atoms with Crippen LogP contribution in [0.5, 0.6) is 0 Å². The van der Waals surface area contributed by atoms with Gasteiger partial charge in [0.2, 0.25) is 0 Å². The molecule has 1 aliphatic rings. The van der Waals surface area contributed by atoms with Crippen molar-refractivity contribution in [1.29, 1.82) is 0 Å². The van der Waals surface area contributed by atoms with E-state index >= 15 is 0 Å². The van der Waals surface area contributed by atoms with Gasteiger partial charge in [0.15, 0.2) is 10.9 Å². The van der Waals surface area contributed by atoms with Gasteiger partial charge in [-0.1, -0.05) is 6.07 Å². The molecule has 1 aliphatic heterocycles. The van der Waals surface area contributed by atoms with Crippen molar-refractivity contribution >= 4 is 28.8 Å². The Morgan fingerprint density at radius 1 is 1.04 bits per heavy atom. The van der Waals surface area contributed by atoms with Gasteiger partial charge in [-0.2, -0.15) is 0 Å². The first-order valence-electron chi connectivity index (χ1n) is 7.41. The summed E-state index contributed by atoms with van der Waals surface area (Å²) in [7, 11) is 0. The fraction of sp³-hybridized carbons (Fsp3) is 0.111. The van der Waals surface area contributed by atoms with Crippen molar-refractivity contribution < 1.29 is 18.0 Å².